The summed E-state index contributed by atoms with van der Waals surface area (Å²) in [6.45, 7) is 2.62. The molecule has 0 aromatic rings. The first-order valence-electron chi connectivity index (χ1n) is 4.73. The molecule has 0 saturated carbocycles. The quantitative estimate of drug-likeness (QED) is 0.280. The lowest BCUT2D eigenvalue weighted by molar-refractivity contribution is -0.131. The average molecular weight is 217 g/mol. The number of hydrogen-bond donors (Lipinski definition) is 2. The number of amides is 1. The molecule has 0 aromatic heterocycles. The third kappa shape index (κ3) is 5.21. The Morgan fingerprint density at radius 1 is 1.67 bits per heavy atom. The molecule has 0 spiro atoms. The highest BCUT2D eigenvalue weighted by molar-refractivity contribution is 5.83. The molecule has 1 unspecified atom stereocenters. The number of carbonyl (C=O) groups is 1. The topological polar surface area (TPSA) is 88.2 Å². The lowest BCUT2D eigenvalue weighted by Gasteiger charge is -2.20. The number of hydrogen-bond acceptors (Lipinski definition) is 4. The van der Waals surface area contributed by atoms with E-state index in [0.29, 0.717) is 19.6 Å². The van der Waals surface area contributed by atoms with Crippen LogP contribution in [0.4, 0.5) is 0 Å². The Kier molecular flexibility index (Phi) is 6.44. The SMILES string of the molecule is COCCC(=O)N(C)CC(C)C(N)=NO. The van der Waals surface area contributed by atoms with Gasteiger partial charge in [-0.2, -0.15) is 0 Å². The van der Waals surface area contributed by atoms with Crippen LogP contribution in [-0.4, -0.2) is 49.2 Å². The van der Waals surface area contributed by atoms with E-state index in [-0.39, 0.29) is 17.7 Å². The van der Waals surface area contributed by atoms with E-state index in [1.807, 2.05) is 0 Å². The van der Waals surface area contributed by atoms with Gasteiger partial charge in [0.1, 0.15) is 5.84 Å². The van der Waals surface area contributed by atoms with Crippen LogP contribution in [0.3, 0.4) is 0 Å². The third-order valence-electron chi connectivity index (χ3n) is 2.11. The van der Waals surface area contributed by atoms with Gasteiger partial charge in [-0.25, -0.2) is 0 Å². The minimum Gasteiger partial charge on any atom is -0.409 e. The van der Waals surface area contributed by atoms with E-state index < -0.39 is 0 Å². The van der Waals surface area contributed by atoms with Crippen molar-refractivity contribution in [2.75, 3.05) is 27.3 Å². The van der Waals surface area contributed by atoms with Gasteiger partial charge in [0, 0.05) is 26.6 Å². The van der Waals surface area contributed by atoms with Gasteiger partial charge in [0.15, 0.2) is 0 Å². The van der Waals surface area contributed by atoms with E-state index in [1.165, 1.54) is 0 Å². The highest BCUT2D eigenvalue weighted by Gasteiger charge is 2.14. The van der Waals surface area contributed by atoms with Gasteiger partial charge in [0.2, 0.25) is 5.91 Å². The van der Waals surface area contributed by atoms with Gasteiger partial charge in [-0.3, -0.25) is 4.79 Å². The minimum atomic E-state index is -0.161. The normalized spacial score (nSPS) is 13.7. The molecule has 3 N–H and O–H groups in total. The van der Waals surface area contributed by atoms with Crippen LogP contribution in [0.2, 0.25) is 0 Å². The molecule has 0 rings (SSSR count). The van der Waals surface area contributed by atoms with Crippen molar-refractivity contribution in [3.8, 4) is 0 Å². The van der Waals surface area contributed by atoms with E-state index >= 15 is 0 Å². The van der Waals surface area contributed by atoms with Crippen molar-refractivity contribution in [1.82, 2.24) is 4.90 Å². The maximum Gasteiger partial charge on any atom is 0.224 e. The molecule has 15 heavy (non-hydrogen) atoms. The number of methoxy groups -OCH3 is 1. The third-order valence-corrected chi connectivity index (χ3v) is 2.11. The summed E-state index contributed by atoms with van der Waals surface area (Å²) >= 11 is 0. The summed E-state index contributed by atoms with van der Waals surface area (Å²) in [6, 6.07) is 0. The number of rotatable bonds is 6. The van der Waals surface area contributed by atoms with Crippen LogP contribution in [0.25, 0.3) is 0 Å². The van der Waals surface area contributed by atoms with E-state index in [9.17, 15) is 4.79 Å². The molecule has 88 valence electrons. The predicted octanol–water partition coefficient (Wildman–Crippen LogP) is -0.136. The number of ether oxygens (including phenoxy) is 1. The molecule has 0 aromatic carbocycles. The summed E-state index contributed by atoms with van der Waals surface area (Å²) in [6.07, 6.45) is 0.343. The van der Waals surface area contributed by atoms with E-state index in [2.05, 4.69) is 5.16 Å². The van der Waals surface area contributed by atoms with Crippen molar-refractivity contribution in [1.29, 1.82) is 0 Å². The minimum absolute atomic E-state index is 0.0190. The van der Waals surface area contributed by atoms with Crippen molar-refractivity contribution < 1.29 is 14.7 Å². The standard InChI is InChI=1S/C9H19N3O3/c1-7(9(10)11-14)6-12(2)8(13)4-5-15-3/h7,14H,4-6H2,1-3H3,(H2,10,11). The molecule has 0 fully saturated rings. The van der Waals surface area contributed by atoms with E-state index in [4.69, 9.17) is 15.7 Å². The van der Waals surface area contributed by atoms with Crippen molar-refractivity contribution >= 4 is 11.7 Å². The van der Waals surface area contributed by atoms with E-state index in [0.717, 1.165) is 0 Å². The molecule has 0 aliphatic rings. The Hall–Kier alpha value is -1.30. The van der Waals surface area contributed by atoms with Gasteiger partial charge in [-0.15, -0.1) is 0 Å². The van der Waals surface area contributed by atoms with Crippen molar-refractivity contribution in [3.05, 3.63) is 0 Å². The van der Waals surface area contributed by atoms with Crippen molar-refractivity contribution in [2.24, 2.45) is 16.8 Å². The van der Waals surface area contributed by atoms with Gasteiger partial charge >= 0.3 is 0 Å². The summed E-state index contributed by atoms with van der Waals surface area (Å²) in [7, 11) is 3.23. The fourth-order valence-corrected chi connectivity index (χ4v) is 1.08. The second kappa shape index (κ2) is 7.05. The Morgan fingerprint density at radius 2 is 2.27 bits per heavy atom. The molecule has 0 aliphatic carbocycles. The van der Waals surface area contributed by atoms with Gasteiger partial charge in [-0.1, -0.05) is 12.1 Å². The Labute approximate surface area is 89.7 Å². The highest BCUT2D eigenvalue weighted by atomic mass is 16.5. The van der Waals surface area contributed by atoms with Gasteiger partial charge in [-0.05, 0) is 0 Å². The Balaban J connectivity index is 4.01. The number of oxime groups is 1. The average Bonchev–Trinajstić information content (AvgIpc) is 2.24. The molecule has 0 saturated heterocycles. The molecule has 1 atom stereocenters. The summed E-state index contributed by atoms with van der Waals surface area (Å²) in [5.74, 6) is -0.0534. The van der Waals surface area contributed by atoms with Crippen LogP contribution >= 0.6 is 0 Å². The van der Waals surface area contributed by atoms with Crippen LogP contribution in [0.1, 0.15) is 13.3 Å². The van der Waals surface area contributed by atoms with Crippen LogP contribution < -0.4 is 5.73 Å². The molecule has 0 bridgehead atoms. The molecule has 6 nitrogen and oxygen atoms in total. The molecule has 1 amide bonds. The largest absolute Gasteiger partial charge is 0.409 e. The zero-order valence-corrected chi connectivity index (χ0v) is 9.43. The monoisotopic (exact) mass is 217 g/mol. The van der Waals surface area contributed by atoms with Gasteiger partial charge < -0.3 is 20.6 Å². The number of carbonyl (C=O) groups excluding carboxylic acids is 1. The second-order valence-corrected chi connectivity index (χ2v) is 3.44. The van der Waals surface area contributed by atoms with Crippen LogP contribution in [0, 0.1) is 5.92 Å². The summed E-state index contributed by atoms with van der Waals surface area (Å²) in [5, 5.41) is 11.3. The molecular formula is C9H19N3O3. The molecule has 0 radical (unpaired) electrons. The zero-order valence-electron chi connectivity index (χ0n) is 9.43. The van der Waals surface area contributed by atoms with Crippen LogP contribution in [0.15, 0.2) is 5.16 Å². The van der Waals surface area contributed by atoms with Crippen LogP contribution in [0.5, 0.6) is 0 Å². The first-order valence-corrected chi connectivity index (χ1v) is 4.73. The molecular weight excluding hydrogens is 198 g/mol. The fraction of sp³-hybridized carbons (Fsp3) is 0.778. The van der Waals surface area contributed by atoms with Crippen LogP contribution in [-0.2, 0) is 9.53 Å². The zero-order chi connectivity index (χ0) is 11.8. The molecule has 0 aliphatic heterocycles. The van der Waals surface area contributed by atoms with E-state index in [1.54, 1.807) is 26.0 Å². The van der Waals surface area contributed by atoms with Gasteiger partial charge in [0.05, 0.1) is 13.0 Å². The maximum atomic E-state index is 11.5. The number of nitrogens with zero attached hydrogens (tertiary/aromatic N) is 2. The number of nitrogens with two attached hydrogens (primary N) is 1. The lowest BCUT2D eigenvalue weighted by atomic mass is 10.1. The van der Waals surface area contributed by atoms with Crippen molar-refractivity contribution in [2.45, 2.75) is 13.3 Å². The summed E-state index contributed by atoms with van der Waals surface area (Å²) in [5.41, 5.74) is 5.40. The molecule has 0 heterocycles. The lowest BCUT2D eigenvalue weighted by Crippen LogP contribution is -2.36. The number of amidine groups is 1. The fourth-order valence-electron chi connectivity index (χ4n) is 1.08. The second-order valence-electron chi connectivity index (χ2n) is 3.44. The first-order chi connectivity index (χ1) is 7.02. The Morgan fingerprint density at radius 3 is 2.73 bits per heavy atom. The first kappa shape index (κ1) is 13.7. The Bertz CT molecular complexity index is 231. The highest BCUT2D eigenvalue weighted by Crippen LogP contribution is 2.00. The smallest absolute Gasteiger partial charge is 0.224 e. The predicted molar refractivity (Wildman–Crippen MR) is 56.7 cm³/mol. The molecule has 6 heteroatoms. The summed E-state index contributed by atoms with van der Waals surface area (Å²) in [4.78, 5) is 13.0. The van der Waals surface area contributed by atoms with Gasteiger partial charge in [0.25, 0.3) is 0 Å². The summed E-state index contributed by atoms with van der Waals surface area (Å²) < 4.78 is 4.80. The van der Waals surface area contributed by atoms with Crippen molar-refractivity contribution in [3.63, 3.8) is 0 Å². The maximum absolute atomic E-state index is 11.5.